The van der Waals surface area contributed by atoms with Crippen molar-refractivity contribution in [3.8, 4) is 0 Å². The van der Waals surface area contributed by atoms with Gasteiger partial charge >= 0.3 is 12.3 Å². The molecule has 0 radical (unpaired) electrons. The number of hydrogen-bond donors (Lipinski definition) is 2. The molecule has 194 valence electrons. The van der Waals surface area contributed by atoms with Crippen LogP contribution in [0.5, 0.6) is 0 Å². The van der Waals surface area contributed by atoms with Crippen LogP contribution >= 0.6 is 0 Å². The number of nitrogen functional groups attached to an aromatic ring is 1. The van der Waals surface area contributed by atoms with Crippen molar-refractivity contribution in [3.63, 3.8) is 0 Å². The second kappa shape index (κ2) is 9.07. The summed E-state index contributed by atoms with van der Waals surface area (Å²) in [5, 5.41) is 10.3. The predicted molar refractivity (Wildman–Crippen MR) is 117 cm³/mol. The van der Waals surface area contributed by atoms with Crippen LogP contribution in [0.15, 0.2) is 0 Å². The molecule has 0 aromatic carbocycles. The van der Waals surface area contributed by atoms with Crippen molar-refractivity contribution in [3.05, 3.63) is 11.4 Å². The number of aromatic nitrogens is 3. The Morgan fingerprint density at radius 1 is 1.29 bits per heavy atom. The predicted octanol–water partition coefficient (Wildman–Crippen LogP) is 2.19. The van der Waals surface area contributed by atoms with Gasteiger partial charge in [0.15, 0.2) is 0 Å². The third kappa shape index (κ3) is 5.76. The van der Waals surface area contributed by atoms with Crippen LogP contribution in [0, 0.1) is 11.8 Å². The topological polar surface area (TPSA) is 133 Å². The fourth-order valence-electron chi connectivity index (χ4n) is 4.99. The molecule has 4 heterocycles. The molecule has 13 heteroatoms. The second-order valence-corrected chi connectivity index (χ2v) is 10.7. The Labute approximate surface area is 201 Å². The van der Waals surface area contributed by atoms with Gasteiger partial charge in [0.05, 0.1) is 30.4 Å². The minimum atomic E-state index is -4.39. The first-order chi connectivity index (χ1) is 16.2. The third-order valence-electron chi connectivity index (χ3n) is 6.66. The van der Waals surface area contributed by atoms with Crippen molar-refractivity contribution in [2.24, 2.45) is 11.8 Å². The van der Waals surface area contributed by atoms with Gasteiger partial charge in [-0.15, -0.1) is 10.2 Å². The van der Waals surface area contributed by atoms with Gasteiger partial charge in [-0.05, 0) is 40.0 Å². The highest BCUT2D eigenvalue weighted by molar-refractivity contribution is 5.79. The summed E-state index contributed by atoms with van der Waals surface area (Å²) < 4.78 is 51.2. The first-order valence-corrected chi connectivity index (χ1v) is 11.7. The number of rotatable bonds is 3. The van der Waals surface area contributed by atoms with Gasteiger partial charge < -0.3 is 25.4 Å². The van der Waals surface area contributed by atoms with E-state index in [0.717, 1.165) is 0 Å². The normalized spacial score (nSPS) is 26.7. The standard InChI is InChI=1S/C22H31F3N6O4/c1-20(2,3)35-19(33)31-10-21(11-31)8-12(4-5-34-21)16-15(29-30-18(26)28-16)7-13-6-14(22(23,24)25)9-27-17(13)32/h12-14H,4-11H2,1-3H3,(H,27,32)(H2,26,28,30)/t12?,13-,14-/m1/s1. The van der Waals surface area contributed by atoms with E-state index < -0.39 is 47.8 Å². The largest absolute Gasteiger partial charge is 0.444 e. The third-order valence-corrected chi connectivity index (χ3v) is 6.66. The molecule has 1 aromatic rings. The van der Waals surface area contributed by atoms with Gasteiger partial charge in [0.1, 0.15) is 11.2 Å². The molecule has 0 saturated carbocycles. The summed E-state index contributed by atoms with van der Waals surface area (Å²) >= 11 is 0. The molecule has 4 rings (SSSR count). The van der Waals surface area contributed by atoms with E-state index in [1.807, 2.05) is 0 Å². The lowest BCUT2D eigenvalue weighted by Gasteiger charge is -2.52. The monoisotopic (exact) mass is 500 g/mol. The molecule has 1 aromatic heterocycles. The van der Waals surface area contributed by atoms with Gasteiger partial charge in [-0.25, -0.2) is 9.78 Å². The summed E-state index contributed by atoms with van der Waals surface area (Å²) in [6, 6.07) is 0. The Bertz CT molecular complexity index is 977. The Kier molecular flexibility index (Phi) is 6.58. The molecule has 0 aliphatic carbocycles. The highest BCUT2D eigenvalue weighted by Crippen LogP contribution is 2.42. The van der Waals surface area contributed by atoms with Crippen LogP contribution in [0.3, 0.4) is 0 Å². The van der Waals surface area contributed by atoms with Crippen LogP contribution in [0.4, 0.5) is 23.9 Å². The SMILES string of the molecule is CC(C)(C)OC(=O)N1CC2(CC(c3nc(N)nnc3C[C@H]3C[C@@H](C(F)(F)F)CNC3=O)CCO2)C1. The number of nitrogens with two attached hydrogens (primary N) is 1. The van der Waals surface area contributed by atoms with Gasteiger partial charge in [-0.1, -0.05) is 0 Å². The van der Waals surface area contributed by atoms with E-state index in [0.29, 0.717) is 43.9 Å². The maximum atomic E-state index is 13.3. The van der Waals surface area contributed by atoms with E-state index in [-0.39, 0.29) is 24.7 Å². The lowest BCUT2D eigenvalue weighted by molar-refractivity contribution is -0.183. The number of likely N-dealkylation sites (tertiary alicyclic amines) is 1. The molecule has 3 atom stereocenters. The molecule has 3 saturated heterocycles. The number of halogens is 3. The molecule has 3 aliphatic heterocycles. The average molecular weight is 501 g/mol. The molecule has 3 N–H and O–H groups in total. The Morgan fingerprint density at radius 3 is 2.66 bits per heavy atom. The van der Waals surface area contributed by atoms with Crippen LogP contribution in [-0.4, -0.2) is 75.7 Å². The van der Waals surface area contributed by atoms with Crippen molar-refractivity contribution in [1.29, 1.82) is 0 Å². The smallest absolute Gasteiger partial charge is 0.410 e. The molecule has 35 heavy (non-hydrogen) atoms. The van der Waals surface area contributed by atoms with E-state index >= 15 is 0 Å². The molecule has 1 unspecified atom stereocenters. The van der Waals surface area contributed by atoms with Crippen molar-refractivity contribution >= 4 is 17.9 Å². The number of carbonyl (C=O) groups excluding carboxylic acids is 2. The zero-order chi connectivity index (χ0) is 25.6. The van der Waals surface area contributed by atoms with Crippen LogP contribution in [-0.2, 0) is 20.7 Å². The molecular weight excluding hydrogens is 469 g/mol. The first-order valence-electron chi connectivity index (χ1n) is 11.7. The van der Waals surface area contributed by atoms with E-state index in [1.54, 1.807) is 25.7 Å². The van der Waals surface area contributed by atoms with Crippen LogP contribution in [0.2, 0.25) is 0 Å². The van der Waals surface area contributed by atoms with Gasteiger partial charge in [0.25, 0.3) is 0 Å². The number of alkyl halides is 3. The Balaban J connectivity index is 1.47. The number of amides is 2. The number of piperidine rings is 1. The van der Waals surface area contributed by atoms with Crippen LogP contribution in [0.25, 0.3) is 0 Å². The molecule has 2 amide bonds. The lowest BCUT2D eigenvalue weighted by Crippen LogP contribution is -2.66. The van der Waals surface area contributed by atoms with Crippen LogP contribution < -0.4 is 11.1 Å². The minimum Gasteiger partial charge on any atom is -0.444 e. The quantitative estimate of drug-likeness (QED) is 0.646. The second-order valence-electron chi connectivity index (χ2n) is 10.7. The maximum Gasteiger partial charge on any atom is 0.410 e. The average Bonchev–Trinajstić information content (AvgIpc) is 2.72. The number of anilines is 1. The lowest BCUT2D eigenvalue weighted by atomic mass is 9.78. The van der Waals surface area contributed by atoms with E-state index in [1.165, 1.54) is 0 Å². The first kappa shape index (κ1) is 25.4. The van der Waals surface area contributed by atoms with Crippen molar-refractivity contribution in [2.45, 2.75) is 69.8 Å². The van der Waals surface area contributed by atoms with Gasteiger partial charge in [-0.2, -0.15) is 13.2 Å². The number of carbonyl (C=O) groups is 2. The summed E-state index contributed by atoms with van der Waals surface area (Å²) in [6.07, 6.45) is -4.01. The number of nitrogens with zero attached hydrogens (tertiary/aromatic N) is 4. The Hall–Kier alpha value is -2.70. The van der Waals surface area contributed by atoms with Crippen molar-refractivity contribution < 1.29 is 32.2 Å². The zero-order valence-electron chi connectivity index (χ0n) is 20.0. The Morgan fingerprint density at radius 2 is 2.00 bits per heavy atom. The van der Waals surface area contributed by atoms with Crippen molar-refractivity contribution in [2.75, 3.05) is 32.0 Å². The summed E-state index contributed by atoms with van der Waals surface area (Å²) in [7, 11) is 0. The summed E-state index contributed by atoms with van der Waals surface area (Å²) in [4.78, 5) is 30.6. The summed E-state index contributed by atoms with van der Waals surface area (Å²) in [5.74, 6) is -3.14. The molecule has 3 fully saturated rings. The van der Waals surface area contributed by atoms with Crippen molar-refractivity contribution in [1.82, 2.24) is 25.4 Å². The molecular formula is C22H31F3N6O4. The highest BCUT2D eigenvalue weighted by Gasteiger charge is 2.51. The molecule has 1 spiro atoms. The van der Waals surface area contributed by atoms with Gasteiger partial charge in [-0.3, -0.25) is 4.79 Å². The number of hydrogen-bond acceptors (Lipinski definition) is 8. The molecule has 3 aliphatic rings. The van der Waals surface area contributed by atoms with Gasteiger partial charge in [0.2, 0.25) is 11.9 Å². The molecule has 10 nitrogen and oxygen atoms in total. The molecule has 0 bridgehead atoms. The fraction of sp³-hybridized carbons (Fsp3) is 0.773. The van der Waals surface area contributed by atoms with Gasteiger partial charge in [0, 0.05) is 31.4 Å². The number of ether oxygens (including phenoxy) is 2. The fourth-order valence-corrected chi connectivity index (χ4v) is 4.99. The maximum absolute atomic E-state index is 13.3. The minimum absolute atomic E-state index is 0.0115. The van der Waals surface area contributed by atoms with E-state index in [9.17, 15) is 22.8 Å². The summed E-state index contributed by atoms with van der Waals surface area (Å²) in [5.41, 5.74) is 5.51. The summed E-state index contributed by atoms with van der Waals surface area (Å²) in [6.45, 7) is 6.10. The van der Waals surface area contributed by atoms with Crippen LogP contribution in [0.1, 0.15) is 57.3 Å². The van der Waals surface area contributed by atoms with E-state index in [2.05, 4.69) is 20.5 Å². The van der Waals surface area contributed by atoms with E-state index in [4.69, 9.17) is 15.2 Å². The zero-order valence-corrected chi connectivity index (χ0v) is 20.0. The number of nitrogens with one attached hydrogen (secondary N) is 1. The highest BCUT2D eigenvalue weighted by atomic mass is 19.4.